The summed E-state index contributed by atoms with van der Waals surface area (Å²) < 4.78 is 1.02. The molecule has 0 aliphatic heterocycles. The van der Waals surface area contributed by atoms with E-state index in [2.05, 4.69) is 26.2 Å². The Hall–Kier alpha value is -1.37. The van der Waals surface area contributed by atoms with E-state index in [0.717, 1.165) is 20.9 Å². The molecule has 0 saturated heterocycles. The summed E-state index contributed by atoms with van der Waals surface area (Å²) in [5, 5.41) is 3.84. The Bertz CT molecular complexity index is 651. The third kappa shape index (κ3) is 4.83. The average molecular weight is 380 g/mol. The van der Waals surface area contributed by atoms with Crippen molar-refractivity contribution < 1.29 is 4.79 Å². The molecule has 0 unspecified atom stereocenters. The van der Waals surface area contributed by atoms with Gasteiger partial charge in [0, 0.05) is 29.5 Å². The molecule has 0 radical (unpaired) electrons. The van der Waals surface area contributed by atoms with Crippen molar-refractivity contribution in [2.75, 3.05) is 27.2 Å². The van der Waals surface area contributed by atoms with Crippen molar-refractivity contribution in [2.24, 2.45) is 0 Å². The molecule has 22 heavy (non-hydrogen) atoms. The van der Waals surface area contributed by atoms with Gasteiger partial charge in [-0.2, -0.15) is 0 Å². The molecular weight excluding hydrogens is 362 g/mol. The summed E-state index contributed by atoms with van der Waals surface area (Å²) in [4.78, 5) is 19.5. The monoisotopic (exact) mass is 379 g/mol. The number of carbonyl (C=O) groups is 1. The Morgan fingerprint density at radius 3 is 2.82 bits per heavy atom. The van der Waals surface area contributed by atoms with Gasteiger partial charge in [0.2, 0.25) is 0 Å². The summed E-state index contributed by atoms with van der Waals surface area (Å²) in [5.74, 6) is -0.0630. The lowest BCUT2D eigenvalue weighted by molar-refractivity contribution is 0.0790. The summed E-state index contributed by atoms with van der Waals surface area (Å²) in [7, 11) is 3.65. The van der Waals surface area contributed by atoms with Gasteiger partial charge in [0.05, 0.1) is 0 Å². The van der Waals surface area contributed by atoms with E-state index in [4.69, 9.17) is 0 Å². The van der Waals surface area contributed by atoms with Crippen molar-refractivity contribution in [2.45, 2.75) is 9.92 Å². The highest BCUT2D eigenvalue weighted by Gasteiger charge is 2.13. The Morgan fingerprint density at radius 1 is 1.32 bits per heavy atom. The van der Waals surface area contributed by atoms with E-state index in [1.807, 2.05) is 43.4 Å². The number of halogens is 1. The van der Waals surface area contributed by atoms with E-state index in [9.17, 15) is 4.79 Å². The molecule has 1 N–H and O–H groups in total. The maximum atomic E-state index is 12.3. The number of carbonyl (C=O) groups excluding carboxylic acids is 1. The number of hydrogen-bond donors (Lipinski definition) is 1. The van der Waals surface area contributed by atoms with Gasteiger partial charge < -0.3 is 10.2 Å². The van der Waals surface area contributed by atoms with Crippen molar-refractivity contribution in [1.82, 2.24) is 15.2 Å². The minimum Gasteiger partial charge on any atom is -0.339 e. The molecule has 6 heteroatoms. The van der Waals surface area contributed by atoms with Crippen molar-refractivity contribution in [3.63, 3.8) is 0 Å². The number of amides is 1. The smallest absolute Gasteiger partial charge is 0.272 e. The average Bonchev–Trinajstić information content (AvgIpc) is 2.52. The molecule has 0 atom stereocenters. The van der Waals surface area contributed by atoms with E-state index in [1.165, 1.54) is 11.8 Å². The molecule has 0 spiro atoms. The molecule has 0 aliphatic carbocycles. The number of nitrogens with zero attached hydrogens (tertiary/aromatic N) is 2. The third-order valence-electron chi connectivity index (χ3n) is 3.01. The first-order chi connectivity index (χ1) is 10.6. The lowest BCUT2D eigenvalue weighted by Crippen LogP contribution is -2.33. The third-order valence-corrected chi connectivity index (χ3v) is 4.42. The Morgan fingerprint density at radius 2 is 2.09 bits per heavy atom. The van der Waals surface area contributed by atoms with Gasteiger partial charge in [0.25, 0.3) is 5.91 Å². The normalized spacial score (nSPS) is 10.5. The van der Waals surface area contributed by atoms with Gasteiger partial charge in [-0.1, -0.05) is 39.8 Å². The second-order valence-electron chi connectivity index (χ2n) is 4.75. The minimum absolute atomic E-state index is 0.0630. The summed E-state index contributed by atoms with van der Waals surface area (Å²) in [6.07, 6.45) is 0. The predicted octanol–water partition coefficient (Wildman–Crippen LogP) is 3.29. The quantitative estimate of drug-likeness (QED) is 0.836. The lowest BCUT2D eigenvalue weighted by Gasteiger charge is -2.16. The van der Waals surface area contributed by atoms with E-state index in [-0.39, 0.29) is 5.91 Å². The van der Waals surface area contributed by atoms with Crippen LogP contribution in [-0.4, -0.2) is 43.0 Å². The SMILES string of the molecule is CNCCN(C)C(=O)c1cccc(Sc2cccc(Br)c2)n1. The van der Waals surface area contributed by atoms with Crippen LogP contribution in [0, 0.1) is 0 Å². The molecule has 0 bridgehead atoms. The fourth-order valence-corrected chi connectivity index (χ4v) is 3.23. The van der Waals surface area contributed by atoms with E-state index in [0.29, 0.717) is 12.2 Å². The number of benzene rings is 1. The minimum atomic E-state index is -0.0630. The molecule has 1 aromatic heterocycles. The van der Waals surface area contributed by atoms with Crippen LogP contribution in [0.2, 0.25) is 0 Å². The van der Waals surface area contributed by atoms with Crippen LogP contribution < -0.4 is 5.32 Å². The van der Waals surface area contributed by atoms with Crippen LogP contribution in [0.3, 0.4) is 0 Å². The zero-order chi connectivity index (χ0) is 15.9. The first-order valence-corrected chi connectivity index (χ1v) is 8.51. The van der Waals surface area contributed by atoms with Gasteiger partial charge in [0.1, 0.15) is 10.7 Å². The fraction of sp³-hybridized carbons (Fsp3) is 0.250. The fourth-order valence-electron chi connectivity index (χ4n) is 1.82. The molecule has 1 heterocycles. The van der Waals surface area contributed by atoms with Crippen molar-refractivity contribution in [3.05, 3.63) is 52.6 Å². The van der Waals surface area contributed by atoms with Crippen LogP contribution >= 0.6 is 27.7 Å². The molecule has 1 amide bonds. The highest BCUT2D eigenvalue weighted by Crippen LogP contribution is 2.28. The topological polar surface area (TPSA) is 45.2 Å². The van der Waals surface area contributed by atoms with Crippen LogP contribution in [0.25, 0.3) is 0 Å². The first kappa shape index (κ1) is 17.0. The highest BCUT2D eigenvalue weighted by molar-refractivity contribution is 9.10. The number of nitrogens with one attached hydrogen (secondary N) is 1. The Balaban J connectivity index is 2.11. The molecule has 2 rings (SSSR count). The van der Waals surface area contributed by atoms with Crippen LogP contribution in [-0.2, 0) is 0 Å². The zero-order valence-electron chi connectivity index (χ0n) is 12.5. The van der Waals surface area contributed by atoms with Gasteiger partial charge in [-0.05, 0) is 37.4 Å². The highest BCUT2D eigenvalue weighted by atomic mass is 79.9. The molecule has 0 aliphatic rings. The number of aromatic nitrogens is 1. The summed E-state index contributed by atoms with van der Waals surface area (Å²) in [6, 6.07) is 13.5. The largest absolute Gasteiger partial charge is 0.339 e. The van der Waals surface area contributed by atoms with Gasteiger partial charge in [-0.15, -0.1) is 0 Å². The summed E-state index contributed by atoms with van der Waals surface area (Å²) in [5.41, 5.74) is 0.471. The standard InChI is InChI=1S/C16H18BrN3OS/c1-18-9-10-20(2)16(21)14-7-4-8-15(19-14)22-13-6-3-5-12(17)11-13/h3-8,11,18H,9-10H2,1-2H3. The van der Waals surface area contributed by atoms with Gasteiger partial charge in [0.15, 0.2) is 0 Å². The molecule has 1 aromatic carbocycles. The molecule has 0 saturated carbocycles. The van der Waals surface area contributed by atoms with E-state index < -0.39 is 0 Å². The molecule has 0 fully saturated rings. The van der Waals surface area contributed by atoms with Gasteiger partial charge in [-0.3, -0.25) is 4.79 Å². The predicted molar refractivity (Wildman–Crippen MR) is 93.4 cm³/mol. The summed E-state index contributed by atoms with van der Waals surface area (Å²) >= 11 is 4.99. The number of rotatable bonds is 6. The van der Waals surface area contributed by atoms with Gasteiger partial charge in [-0.25, -0.2) is 4.98 Å². The molecule has 116 valence electrons. The maximum Gasteiger partial charge on any atom is 0.272 e. The van der Waals surface area contributed by atoms with Crippen molar-refractivity contribution in [3.8, 4) is 0 Å². The number of hydrogen-bond acceptors (Lipinski definition) is 4. The Labute approximate surface area is 143 Å². The molecular formula is C16H18BrN3OS. The first-order valence-electron chi connectivity index (χ1n) is 6.90. The van der Waals surface area contributed by atoms with Crippen LogP contribution in [0.5, 0.6) is 0 Å². The van der Waals surface area contributed by atoms with Crippen LogP contribution in [0.15, 0.2) is 56.9 Å². The Kier molecular flexibility index (Phi) is 6.42. The van der Waals surface area contributed by atoms with Crippen molar-refractivity contribution in [1.29, 1.82) is 0 Å². The maximum absolute atomic E-state index is 12.3. The zero-order valence-corrected chi connectivity index (χ0v) is 14.9. The molecule has 4 nitrogen and oxygen atoms in total. The van der Waals surface area contributed by atoms with Crippen LogP contribution in [0.4, 0.5) is 0 Å². The summed E-state index contributed by atoms with van der Waals surface area (Å²) in [6.45, 7) is 1.41. The van der Waals surface area contributed by atoms with E-state index >= 15 is 0 Å². The van der Waals surface area contributed by atoms with Crippen molar-refractivity contribution >= 4 is 33.6 Å². The molecule has 2 aromatic rings. The second kappa shape index (κ2) is 8.31. The number of likely N-dealkylation sites (N-methyl/N-ethyl adjacent to an activating group) is 2. The second-order valence-corrected chi connectivity index (χ2v) is 6.76. The number of pyridine rings is 1. The van der Waals surface area contributed by atoms with E-state index in [1.54, 1.807) is 18.0 Å². The lowest BCUT2D eigenvalue weighted by atomic mass is 10.3. The van der Waals surface area contributed by atoms with Crippen LogP contribution in [0.1, 0.15) is 10.5 Å². The van der Waals surface area contributed by atoms with Gasteiger partial charge >= 0.3 is 0 Å².